The van der Waals surface area contributed by atoms with Crippen molar-refractivity contribution in [2.24, 2.45) is 0 Å². The number of halogens is 1. The maximum atomic E-state index is 12.5. The molecule has 8 heteroatoms. The highest BCUT2D eigenvalue weighted by Gasteiger charge is 2.19. The number of phenols is 3. The molecule has 23 heavy (non-hydrogen) atoms. The van der Waals surface area contributed by atoms with Crippen LogP contribution in [0, 0.1) is 0 Å². The van der Waals surface area contributed by atoms with Crippen LogP contribution in [-0.4, -0.2) is 38.2 Å². The minimum Gasteiger partial charge on any atom is -0.504 e. The third-order valence-corrected chi connectivity index (χ3v) is 3.37. The first kappa shape index (κ1) is 16.6. The first-order chi connectivity index (χ1) is 10.5. The van der Waals surface area contributed by atoms with E-state index in [9.17, 15) is 20.1 Å². The quantitative estimate of drug-likeness (QED) is 0.511. The molecule has 0 bridgehead atoms. The fourth-order valence-electron chi connectivity index (χ4n) is 2.15. The molecule has 0 radical (unpaired) electrons. The van der Waals surface area contributed by atoms with Crippen LogP contribution in [-0.2, 0) is 0 Å². The summed E-state index contributed by atoms with van der Waals surface area (Å²) in [5.41, 5.74) is 1.96. The van der Waals surface area contributed by atoms with E-state index in [2.05, 4.69) is 9.97 Å². The molecule has 3 rings (SSSR count). The smallest absolute Gasteiger partial charge is 0.274 e. The molecular weight excluding hydrogens is 366 g/mol. The van der Waals surface area contributed by atoms with E-state index >= 15 is 0 Å². The van der Waals surface area contributed by atoms with Gasteiger partial charge in [-0.1, -0.05) is 0 Å². The van der Waals surface area contributed by atoms with Crippen molar-refractivity contribution in [1.29, 1.82) is 0 Å². The van der Waals surface area contributed by atoms with E-state index in [1.165, 1.54) is 24.1 Å². The first-order valence-corrected chi connectivity index (χ1v) is 6.44. The first-order valence-electron chi connectivity index (χ1n) is 6.44. The van der Waals surface area contributed by atoms with Crippen LogP contribution < -0.4 is 4.90 Å². The van der Waals surface area contributed by atoms with Crippen LogP contribution >= 0.6 is 17.0 Å². The fraction of sp³-hybridized carbons (Fsp3) is 0.0667. The van der Waals surface area contributed by atoms with Crippen LogP contribution in [0.1, 0.15) is 10.5 Å². The van der Waals surface area contributed by atoms with Gasteiger partial charge < -0.3 is 25.2 Å². The molecule has 3 aromatic rings. The van der Waals surface area contributed by atoms with Crippen LogP contribution in [0.4, 0.5) is 5.69 Å². The number of nitrogens with one attached hydrogen (secondary N) is 1. The number of fused-ring (bicyclic) bond motifs is 1. The number of H-pyrrole nitrogens is 1. The van der Waals surface area contributed by atoms with Gasteiger partial charge in [0.15, 0.2) is 17.2 Å². The zero-order valence-corrected chi connectivity index (χ0v) is 13.7. The number of carbonyl (C=O) groups excluding carboxylic acids is 1. The molecule has 7 nitrogen and oxygen atoms in total. The Morgan fingerprint density at radius 2 is 1.83 bits per heavy atom. The van der Waals surface area contributed by atoms with E-state index in [0.717, 1.165) is 5.52 Å². The molecule has 4 N–H and O–H groups in total. The van der Waals surface area contributed by atoms with E-state index in [1.807, 2.05) is 0 Å². The number of rotatable bonds is 2. The SMILES string of the molecule is Br.CN(C(=O)c1cc2ncccc2[nH]1)c1cc(O)c(O)c(O)c1. The highest BCUT2D eigenvalue weighted by Crippen LogP contribution is 2.38. The monoisotopic (exact) mass is 379 g/mol. The van der Waals surface area contributed by atoms with E-state index < -0.39 is 17.2 Å². The van der Waals surface area contributed by atoms with Gasteiger partial charge in [-0.05, 0) is 18.2 Å². The second kappa shape index (κ2) is 6.17. The average Bonchev–Trinajstić information content (AvgIpc) is 2.94. The van der Waals surface area contributed by atoms with Crippen molar-refractivity contribution in [1.82, 2.24) is 9.97 Å². The van der Waals surface area contributed by atoms with Crippen LogP contribution in [0.5, 0.6) is 17.2 Å². The van der Waals surface area contributed by atoms with E-state index in [-0.39, 0.29) is 28.6 Å². The van der Waals surface area contributed by atoms with Crippen molar-refractivity contribution in [2.75, 3.05) is 11.9 Å². The van der Waals surface area contributed by atoms with Crippen molar-refractivity contribution in [3.8, 4) is 17.2 Å². The standard InChI is InChI=1S/C15H13N3O4.BrH/c1-18(8-5-12(19)14(21)13(20)6-8)15(22)11-7-10-9(17-11)3-2-4-16-10;/h2-7,17,19-21H,1H3;1H. The molecule has 0 fully saturated rings. The minimum absolute atomic E-state index is 0. The van der Waals surface area contributed by atoms with Gasteiger partial charge in [0.1, 0.15) is 5.69 Å². The molecule has 0 saturated carbocycles. The maximum absolute atomic E-state index is 12.5. The predicted molar refractivity (Wildman–Crippen MR) is 90.6 cm³/mol. The van der Waals surface area contributed by atoms with Gasteiger partial charge in [-0.3, -0.25) is 9.78 Å². The normalized spacial score (nSPS) is 10.3. The summed E-state index contributed by atoms with van der Waals surface area (Å²) in [5.74, 6) is -2.01. The molecular formula is C15H14BrN3O4. The summed E-state index contributed by atoms with van der Waals surface area (Å²) >= 11 is 0. The maximum Gasteiger partial charge on any atom is 0.274 e. The van der Waals surface area contributed by atoms with Gasteiger partial charge in [-0.15, -0.1) is 17.0 Å². The Hall–Kier alpha value is -2.74. The van der Waals surface area contributed by atoms with Crippen LogP contribution in [0.25, 0.3) is 11.0 Å². The van der Waals surface area contributed by atoms with Gasteiger partial charge in [-0.25, -0.2) is 0 Å². The van der Waals surface area contributed by atoms with E-state index in [4.69, 9.17) is 0 Å². The number of nitrogens with zero attached hydrogens (tertiary/aromatic N) is 2. The summed E-state index contributed by atoms with van der Waals surface area (Å²) in [5, 5.41) is 28.4. The number of pyridine rings is 1. The lowest BCUT2D eigenvalue weighted by molar-refractivity contribution is 0.0989. The molecule has 0 aliphatic rings. The highest BCUT2D eigenvalue weighted by atomic mass is 79.9. The Morgan fingerprint density at radius 3 is 2.43 bits per heavy atom. The largest absolute Gasteiger partial charge is 0.504 e. The molecule has 1 aromatic carbocycles. The lowest BCUT2D eigenvalue weighted by Crippen LogP contribution is -2.26. The number of aromatic amines is 1. The zero-order chi connectivity index (χ0) is 15.9. The molecule has 0 atom stereocenters. The summed E-state index contributed by atoms with van der Waals surface area (Å²) < 4.78 is 0. The fourth-order valence-corrected chi connectivity index (χ4v) is 2.15. The van der Waals surface area contributed by atoms with Gasteiger partial charge in [0.05, 0.1) is 16.7 Å². The number of carbonyl (C=O) groups is 1. The summed E-state index contributed by atoms with van der Waals surface area (Å²) in [6.07, 6.45) is 1.63. The van der Waals surface area contributed by atoms with Gasteiger partial charge in [0.2, 0.25) is 0 Å². The number of aromatic hydroxyl groups is 3. The van der Waals surface area contributed by atoms with Crippen molar-refractivity contribution in [3.05, 3.63) is 42.2 Å². The summed E-state index contributed by atoms with van der Waals surface area (Å²) in [7, 11) is 1.49. The Kier molecular flexibility index (Phi) is 4.46. The van der Waals surface area contributed by atoms with Crippen molar-refractivity contribution in [3.63, 3.8) is 0 Å². The van der Waals surface area contributed by atoms with Gasteiger partial charge in [0, 0.05) is 25.4 Å². The summed E-state index contributed by atoms with van der Waals surface area (Å²) in [6, 6.07) is 7.56. The summed E-state index contributed by atoms with van der Waals surface area (Å²) in [4.78, 5) is 20.8. The number of anilines is 1. The Balaban J connectivity index is 0.00000192. The highest BCUT2D eigenvalue weighted by molar-refractivity contribution is 8.93. The van der Waals surface area contributed by atoms with E-state index in [1.54, 1.807) is 24.4 Å². The molecule has 120 valence electrons. The van der Waals surface area contributed by atoms with E-state index in [0.29, 0.717) is 11.2 Å². The van der Waals surface area contributed by atoms with Crippen molar-refractivity contribution < 1.29 is 20.1 Å². The number of aromatic nitrogens is 2. The number of hydrogen-bond donors (Lipinski definition) is 4. The van der Waals surface area contributed by atoms with Crippen molar-refractivity contribution >= 4 is 39.6 Å². The minimum atomic E-state index is -0.626. The Bertz CT molecular complexity index is 822. The number of phenolic OH excluding ortho intramolecular Hbond substituents is 3. The molecule has 0 aliphatic heterocycles. The molecule has 0 spiro atoms. The molecule has 2 heterocycles. The molecule has 0 aliphatic carbocycles. The number of benzene rings is 1. The van der Waals surface area contributed by atoms with Gasteiger partial charge in [-0.2, -0.15) is 0 Å². The third kappa shape index (κ3) is 2.93. The van der Waals surface area contributed by atoms with Gasteiger partial charge in [0.25, 0.3) is 5.91 Å². The van der Waals surface area contributed by atoms with Crippen LogP contribution in [0.2, 0.25) is 0 Å². The predicted octanol–water partition coefficient (Wildman–Crippen LogP) is 2.53. The van der Waals surface area contributed by atoms with Crippen LogP contribution in [0.15, 0.2) is 36.5 Å². The zero-order valence-electron chi connectivity index (χ0n) is 12.0. The third-order valence-electron chi connectivity index (χ3n) is 3.37. The van der Waals surface area contributed by atoms with Crippen LogP contribution in [0.3, 0.4) is 0 Å². The lowest BCUT2D eigenvalue weighted by atomic mass is 10.2. The van der Waals surface area contributed by atoms with Gasteiger partial charge >= 0.3 is 0 Å². The number of hydrogen-bond acceptors (Lipinski definition) is 5. The Labute approximate surface area is 141 Å². The second-order valence-electron chi connectivity index (χ2n) is 4.82. The summed E-state index contributed by atoms with van der Waals surface area (Å²) in [6.45, 7) is 0. The lowest BCUT2D eigenvalue weighted by Gasteiger charge is -2.17. The number of amides is 1. The Morgan fingerprint density at radius 1 is 1.17 bits per heavy atom. The molecule has 0 unspecified atom stereocenters. The average molecular weight is 380 g/mol. The molecule has 1 amide bonds. The molecule has 2 aromatic heterocycles. The topological polar surface area (TPSA) is 110 Å². The van der Waals surface area contributed by atoms with Crippen molar-refractivity contribution in [2.45, 2.75) is 0 Å². The molecule has 0 saturated heterocycles. The second-order valence-corrected chi connectivity index (χ2v) is 4.82.